The van der Waals surface area contributed by atoms with Crippen molar-refractivity contribution in [3.05, 3.63) is 35.4 Å². The van der Waals surface area contributed by atoms with Gasteiger partial charge in [-0.25, -0.2) is 9.59 Å². The summed E-state index contributed by atoms with van der Waals surface area (Å²) in [7, 11) is 1.34. The predicted molar refractivity (Wildman–Crippen MR) is 125 cm³/mol. The number of carbonyl (C=O) groups is 3. The molecule has 0 aromatic heterocycles. The maximum Gasteiger partial charge on any atom is 0.408 e. The molecule has 0 spiro atoms. The Kier molecular flexibility index (Phi) is 7.67. The second-order valence-electron chi connectivity index (χ2n) is 10.3. The molecule has 3 rings (SSSR count). The third-order valence-electron chi connectivity index (χ3n) is 6.28. The Morgan fingerprint density at radius 3 is 2.24 bits per heavy atom. The van der Waals surface area contributed by atoms with Gasteiger partial charge in [-0.3, -0.25) is 4.79 Å². The number of alkyl carbamates (subject to hydrolysis) is 1. The number of benzene rings is 1. The Labute approximate surface area is 196 Å². The number of hydrogen-bond donors (Lipinski definition) is 2. The van der Waals surface area contributed by atoms with E-state index in [0.717, 1.165) is 31.1 Å². The van der Waals surface area contributed by atoms with Gasteiger partial charge in [0.05, 0.1) is 18.7 Å². The zero-order chi connectivity index (χ0) is 24.2. The van der Waals surface area contributed by atoms with E-state index in [2.05, 4.69) is 15.5 Å². The van der Waals surface area contributed by atoms with Crippen molar-refractivity contribution in [1.82, 2.24) is 15.5 Å². The molecular formula is C25H37N3O5. The van der Waals surface area contributed by atoms with Crippen molar-refractivity contribution in [2.45, 2.75) is 70.6 Å². The van der Waals surface area contributed by atoms with E-state index >= 15 is 0 Å². The minimum absolute atomic E-state index is 0.219. The number of nitrogens with zero attached hydrogens (tertiary/aromatic N) is 1. The van der Waals surface area contributed by atoms with Crippen LogP contribution in [0.1, 0.15) is 75.3 Å². The molecule has 182 valence electrons. The van der Waals surface area contributed by atoms with E-state index in [-0.39, 0.29) is 11.9 Å². The number of esters is 1. The molecule has 1 heterocycles. The molecule has 2 amide bonds. The highest BCUT2D eigenvalue weighted by atomic mass is 16.6. The minimum Gasteiger partial charge on any atom is -0.465 e. The van der Waals surface area contributed by atoms with Gasteiger partial charge in [0.2, 0.25) is 5.91 Å². The van der Waals surface area contributed by atoms with E-state index in [4.69, 9.17) is 9.47 Å². The summed E-state index contributed by atoms with van der Waals surface area (Å²) >= 11 is 0. The molecule has 2 fully saturated rings. The first-order chi connectivity index (χ1) is 15.5. The second kappa shape index (κ2) is 10.1. The van der Waals surface area contributed by atoms with Crippen molar-refractivity contribution < 1.29 is 23.9 Å². The number of hydrogen-bond acceptors (Lipinski definition) is 6. The minimum atomic E-state index is -1.03. The summed E-state index contributed by atoms with van der Waals surface area (Å²) < 4.78 is 10.2. The van der Waals surface area contributed by atoms with Crippen LogP contribution in [0.25, 0.3) is 0 Å². The van der Waals surface area contributed by atoms with Crippen LogP contribution in [-0.2, 0) is 14.3 Å². The summed E-state index contributed by atoms with van der Waals surface area (Å²) in [6.07, 6.45) is 3.04. The number of amides is 2. The molecule has 8 heteroatoms. The molecule has 1 aliphatic heterocycles. The average molecular weight is 460 g/mol. The third-order valence-corrected chi connectivity index (χ3v) is 6.28. The van der Waals surface area contributed by atoms with Crippen molar-refractivity contribution in [3.8, 4) is 0 Å². The Morgan fingerprint density at radius 1 is 1.12 bits per heavy atom. The highest BCUT2D eigenvalue weighted by Gasteiger charge is 2.44. The molecule has 33 heavy (non-hydrogen) atoms. The number of likely N-dealkylation sites (tertiary alicyclic amines) is 1. The maximum atomic E-state index is 13.5. The molecule has 1 saturated heterocycles. The fourth-order valence-electron chi connectivity index (χ4n) is 4.13. The van der Waals surface area contributed by atoms with Gasteiger partial charge in [-0.2, -0.15) is 0 Å². The van der Waals surface area contributed by atoms with Gasteiger partial charge in [0.25, 0.3) is 0 Å². The Morgan fingerprint density at radius 2 is 1.73 bits per heavy atom. The lowest BCUT2D eigenvalue weighted by Crippen LogP contribution is -2.64. The first-order valence-electron chi connectivity index (χ1n) is 11.7. The number of nitrogens with one attached hydrogen (secondary N) is 2. The highest BCUT2D eigenvalue weighted by Crippen LogP contribution is 2.32. The van der Waals surface area contributed by atoms with Crippen molar-refractivity contribution >= 4 is 18.0 Å². The van der Waals surface area contributed by atoms with E-state index in [1.54, 1.807) is 45.0 Å². The van der Waals surface area contributed by atoms with Gasteiger partial charge in [-0.15, -0.1) is 0 Å². The molecule has 1 saturated carbocycles. The first-order valence-corrected chi connectivity index (χ1v) is 11.7. The van der Waals surface area contributed by atoms with Gasteiger partial charge in [-0.1, -0.05) is 12.1 Å². The summed E-state index contributed by atoms with van der Waals surface area (Å²) in [6, 6.07) is 6.64. The molecule has 0 bridgehead atoms. The molecule has 2 N–H and O–H groups in total. The SMILES string of the molecule is COC(=O)c1ccc([C@H](C)NC(=O)C2(NC(=O)OC(C)(C)C)CCN(CC3CC3)CC2)cc1. The van der Waals surface area contributed by atoms with Crippen LogP contribution in [0.4, 0.5) is 4.79 Å². The molecule has 2 aliphatic rings. The molecule has 0 unspecified atom stereocenters. The van der Waals surface area contributed by atoms with Crippen molar-refractivity contribution in [2.75, 3.05) is 26.7 Å². The van der Waals surface area contributed by atoms with Gasteiger partial charge in [-0.05, 0) is 77.0 Å². The molecule has 1 aromatic carbocycles. The zero-order valence-corrected chi connectivity index (χ0v) is 20.4. The van der Waals surface area contributed by atoms with Gasteiger partial charge in [0.15, 0.2) is 0 Å². The zero-order valence-electron chi connectivity index (χ0n) is 20.4. The lowest BCUT2D eigenvalue weighted by Gasteiger charge is -2.41. The van der Waals surface area contributed by atoms with Gasteiger partial charge in [0, 0.05) is 19.6 Å². The standard InChI is InChI=1S/C25H37N3O5/c1-17(19-8-10-20(11-9-19)21(29)32-5)26-22(30)25(27-23(31)33-24(2,3)4)12-14-28(15-13-25)16-18-6-7-18/h8-11,17-18H,6-7,12-16H2,1-5H3,(H,26,30)(H,27,31)/t17-/m0/s1. The van der Waals surface area contributed by atoms with Crippen molar-refractivity contribution in [3.63, 3.8) is 0 Å². The normalized spacial score (nSPS) is 19.3. The first kappa shape index (κ1) is 25.0. The number of carbonyl (C=O) groups excluding carboxylic acids is 3. The molecule has 8 nitrogen and oxygen atoms in total. The van der Waals surface area contributed by atoms with Gasteiger partial charge in [0.1, 0.15) is 11.1 Å². The van der Waals surface area contributed by atoms with Crippen LogP contribution in [0.15, 0.2) is 24.3 Å². The van der Waals surface area contributed by atoms with Gasteiger partial charge >= 0.3 is 12.1 Å². The molecule has 1 atom stereocenters. The number of piperidine rings is 1. The lowest BCUT2D eigenvalue weighted by atomic mass is 9.86. The van der Waals surface area contributed by atoms with E-state index in [1.807, 2.05) is 6.92 Å². The maximum absolute atomic E-state index is 13.5. The molecule has 1 aromatic rings. The topological polar surface area (TPSA) is 97.0 Å². The summed E-state index contributed by atoms with van der Waals surface area (Å²) in [5, 5.41) is 5.97. The predicted octanol–water partition coefficient (Wildman–Crippen LogP) is 3.42. The van der Waals surface area contributed by atoms with E-state index in [0.29, 0.717) is 18.4 Å². The second-order valence-corrected chi connectivity index (χ2v) is 10.3. The van der Waals surface area contributed by atoms with Crippen LogP contribution in [0, 0.1) is 5.92 Å². The largest absolute Gasteiger partial charge is 0.465 e. The van der Waals surface area contributed by atoms with Gasteiger partial charge < -0.3 is 25.0 Å². The van der Waals surface area contributed by atoms with Crippen LogP contribution < -0.4 is 10.6 Å². The molecule has 0 radical (unpaired) electrons. The van der Waals surface area contributed by atoms with Crippen LogP contribution in [0.3, 0.4) is 0 Å². The number of methoxy groups -OCH3 is 1. The third kappa shape index (κ3) is 6.93. The van der Waals surface area contributed by atoms with Crippen LogP contribution >= 0.6 is 0 Å². The summed E-state index contributed by atoms with van der Waals surface area (Å²) in [5.41, 5.74) is -0.369. The fourth-order valence-corrected chi connectivity index (χ4v) is 4.13. The van der Waals surface area contributed by atoms with E-state index in [1.165, 1.54) is 20.0 Å². The molecule has 1 aliphatic carbocycles. The Balaban J connectivity index is 1.69. The van der Waals surface area contributed by atoms with Crippen LogP contribution in [0.2, 0.25) is 0 Å². The fraction of sp³-hybridized carbons (Fsp3) is 0.640. The lowest BCUT2D eigenvalue weighted by molar-refractivity contribution is -0.130. The Hall–Kier alpha value is -2.61. The smallest absolute Gasteiger partial charge is 0.408 e. The van der Waals surface area contributed by atoms with Crippen LogP contribution in [-0.4, -0.2) is 60.8 Å². The van der Waals surface area contributed by atoms with Crippen molar-refractivity contribution in [1.29, 1.82) is 0 Å². The number of ether oxygens (including phenoxy) is 2. The van der Waals surface area contributed by atoms with Crippen LogP contribution in [0.5, 0.6) is 0 Å². The summed E-state index contributed by atoms with van der Waals surface area (Å²) in [4.78, 5) is 40.2. The average Bonchev–Trinajstić information content (AvgIpc) is 3.57. The Bertz CT molecular complexity index is 850. The van der Waals surface area contributed by atoms with E-state index < -0.39 is 23.2 Å². The van der Waals surface area contributed by atoms with Crippen molar-refractivity contribution in [2.24, 2.45) is 5.92 Å². The summed E-state index contributed by atoms with van der Waals surface area (Å²) in [5.74, 6) is 0.152. The monoisotopic (exact) mass is 459 g/mol. The highest BCUT2D eigenvalue weighted by molar-refractivity contribution is 5.91. The quantitative estimate of drug-likeness (QED) is 0.607. The number of rotatable bonds is 7. The molecular weight excluding hydrogens is 422 g/mol. The van der Waals surface area contributed by atoms with E-state index in [9.17, 15) is 14.4 Å². The summed E-state index contributed by atoms with van der Waals surface area (Å²) in [6.45, 7) is 9.86.